The number of benzene rings is 2. The van der Waals surface area contributed by atoms with Crippen molar-refractivity contribution in [2.75, 3.05) is 43.0 Å². The summed E-state index contributed by atoms with van der Waals surface area (Å²) in [5, 5.41) is 3.42. The van der Waals surface area contributed by atoms with Gasteiger partial charge in [0.15, 0.2) is 0 Å². The van der Waals surface area contributed by atoms with Crippen LogP contribution in [0.1, 0.15) is 36.8 Å². The number of fused-ring (bicyclic) bond motifs is 3. The fraction of sp³-hybridized carbons (Fsp3) is 0.500. The maximum absolute atomic E-state index is 13.3. The Morgan fingerprint density at radius 2 is 1.81 bits per heavy atom. The molecule has 3 N–H and O–H groups in total. The SMILES string of the molecule is CN1C(=O)[C@@]2(CC2C2CCC3C(/C=C/c4ccc(N5CCNCC5)cc4)NNC3C2)c2ccccc21. The van der Waals surface area contributed by atoms with E-state index < -0.39 is 0 Å². The Morgan fingerprint density at radius 3 is 2.64 bits per heavy atom. The van der Waals surface area contributed by atoms with Crippen LogP contribution in [0.3, 0.4) is 0 Å². The number of nitrogens with zero attached hydrogens (tertiary/aromatic N) is 2. The molecule has 3 heterocycles. The molecule has 0 bridgehead atoms. The molecule has 6 nitrogen and oxygen atoms in total. The molecule has 0 aromatic heterocycles. The first-order valence-corrected chi connectivity index (χ1v) is 13.8. The van der Waals surface area contributed by atoms with Crippen molar-refractivity contribution in [3.05, 3.63) is 65.7 Å². The Kier molecular flexibility index (Phi) is 5.45. The van der Waals surface area contributed by atoms with Crippen LogP contribution < -0.4 is 26.0 Å². The predicted molar refractivity (Wildman–Crippen MR) is 145 cm³/mol. The van der Waals surface area contributed by atoms with E-state index in [1.165, 1.54) is 29.7 Å². The lowest BCUT2D eigenvalue weighted by molar-refractivity contribution is -0.120. The maximum Gasteiger partial charge on any atom is 0.237 e. The van der Waals surface area contributed by atoms with Crippen LogP contribution in [-0.4, -0.2) is 51.2 Å². The smallest absolute Gasteiger partial charge is 0.237 e. The van der Waals surface area contributed by atoms with Crippen molar-refractivity contribution in [3.8, 4) is 0 Å². The highest BCUT2D eigenvalue weighted by Crippen LogP contribution is 2.66. The van der Waals surface area contributed by atoms with Crippen molar-refractivity contribution >= 4 is 23.4 Å². The number of nitrogens with one attached hydrogen (secondary N) is 3. The standard InChI is InChI=1S/C30H37N5O/c1-34-28-5-3-2-4-24(28)30(29(34)36)19-25(30)21-9-12-23-26(32-33-27(23)18-21)13-8-20-6-10-22(11-7-20)35-16-14-31-15-17-35/h2-8,10-11,13,21,23,25-27,31-33H,9,12,14-19H2,1H3/b13-8+/t21?,23?,25?,26?,27?,30-/m0/s1. The summed E-state index contributed by atoms with van der Waals surface area (Å²) in [4.78, 5) is 17.6. The fourth-order valence-electron chi connectivity index (χ4n) is 7.70. The molecule has 4 fully saturated rings. The van der Waals surface area contributed by atoms with E-state index in [1.807, 2.05) is 18.0 Å². The quantitative estimate of drug-likeness (QED) is 0.623. The van der Waals surface area contributed by atoms with Gasteiger partial charge in [-0.3, -0.25) is 15.6 Å². The Morgan fingerprint density at radius 1 is 1.00 bits per heavy atom. The number of piperazine rings is 1. The van der Waals surface area contributed by atoms with Gasteiger partial charge in [-0.2, -0.15) is 0 Å². The van der Waals surface area contributed by atoms with E-state index in [1.54, 1.807) is 0 Å². The Balaban J connectivity index is 0.990. The molecule has 2 aromatic rings. The maximum atomic E-state index is 13.3. The summed E-state index contributed by atoms with van der Waals surface area (Å²) in [5.74, 6) is 2.03. The lowest BCUT2D eigenvalue weighted by Gasteiger charge is -2.33. The highest BCUT2D eigenvalue weighted by atomic mass is 16.2. The molecule has 3 aliphatic heterocycles. The van der Waals surface area contributed by atoms with Gasteiger partial charge in [-0.25, -0.2) is 0 Å². The van der Waals surface area contributed by atoms with Gasteiger partial charge in [0.1, 0.15) is 0 Å². The minimum atomic E-state index is -0.245. The number of amides is 1. The molecular weight excluding hydrogens is 446 g/mol. The van der Waals surface area contributed by atoms with Crippen LogP contribution >= 0.6 is 0 Å². The minimum absolute atomic E-state index is 0.245. The minimum Gasteiger partial charge on any atom is -0.369 e. The van der Waals surface area contributed by atoms with Crippen molar-refractivity contribution in [1.82, 2.24) is 16.2 Å². The number of hydrazine groups is 1. The Bertz CT molecular complexity index is 1170. The number of hydrogen-bond acceptors (Lipinski definition) is 5. The predicted octanol–water partition coefficient (Wildman–Crippen LogP) is 3.31. The van der Waals surface area contributed by atoms with Crippen LogP contribution in [0.15, 0.2) is 54.6 Å². The zero-order chi connectivity index (χ0) is 24.3. The van der Waals surface area contributed by atoms with E-state index >= 15 is 0 Å². The lowest BCUT2D eigenvalue weighted by Crippen LogP contribution is -2.43. The molecule has 2 aliphatic carbocycles. The second-order valence-corrected chi connectivity index (χ2v) is 11.5. The van der Waals surface area contributed by atoms with E-state index in [4.69, 9.17) is 0 Å². The Hall–Kier alpha value is -2.67. The van der Waals surface area contributed by atoms with Gasteiger partial charge in [-0.1, -0.05) is 42.5 Å². The van der Waals surface area contributed by atoms with Crippen molar-refractivity contribution in [3.63, 3.8) is 0 Å². The topological polar surface area (TPSA) is 59.6 Å². The van der Waals surface area contributed by atoms with Gasteiger partial charge >= 0.3 is 0 Å². The number of hydrogen-bond donors (Lipinski definition) is 3. The molecule has 1 amide bonds. The summed E-state index contributed by atoms with van der Waals surface area (Å²) in [7, 11) is 1.94. The van der Waals surface area contributed by atoms with Gasteiger partial charge in [0.2, 0.25) is 5.91 Å². The summed E-state index contributed by atoms with van der Waals surface area (Å²) in [6.45, 7) is 4.29. The molecule has 5 unspecified atom stereocenters. The van der Waals surface area contributed by atoms with E-state index in [0.717, 1.165) is 44.7 Å². The molecule has 2 saturated heterocycles. The van der Waals surface area contributed by atoms with Crippen LogP contribution in [0, 0.1) is 17.8 Å². The number of anilines is 2. The van der Waals surface area contributed by atoms with Gasteiger partial charge in [-0.15, -0.1) is 0 Å². The fourth-order valence-corrected chi connectivity index (χ4v) is 7.70. The molecule has 6 heteroatoms. The van der Waals surface area contributed by atoms with E-state index in [0.29, 0.717) is 35.7 Å². The van der Waals surface area contributed by atoms with E-state index in [2.05, 4.69) is 75.7 Å². The number of para-hydroxylation sites is 1. The Labute approximate surface area is 214 Å². The third-order valence-corrected chi connectivity index (χ3v) is 9.73. The van der Waals surface area contributed by atoms with Crippen molar-refractivity contribution in [1.29, 1.82) is 0 Å². The van der Waals surface area contributed by atoms with Crippen LogP contribution in [0.4, 0.5) is 11.4 Å². The first-order valence-electron chi connectivity index (χ1n) is 13.8. The zero-order valence-corrected chi connectivity index (χ0v) is 21.1. The van der Waals surface area contributed by atoms with Crippen LogP contribution in [0.2, 0.25) is 0 Å². The van der Waals surface area contributed by atoms with E-state index in [-0.39, 0.29) is 5.41 Å². The summed E-state index contributed by atoms with van der Waals surface area (Å²) in [6.07, 6.45) is 9.24. The average Bonchev–Trinajstić information content (AvgIpc) is 3.51. The van der Waals surface area contributed by atoms with Gasteiger partial charge < -0.3 is 15.1 Å². The molecular formula is C30H37N5O. The monoisotopic (exact) mass is 483 g/mol. The third-order valence-electron chi connectivity index (χ3n) is 9.73. The normalized spacial score (nSPS) is 35.5. The molecule has 188 valence electrons. The van der Waals surface area contributed by atoms with Gasteiger partial charge in [0.05, 0.1) is 5.41 Å². The molecule has 0 radical (unpaired) electrons. The van der Waals surface area contributed by atoms with Crippen molar-refractivity contribution < 1.29 is 4.79 Å². The van der Waals surface area contributed by atoms with Crippen LogP contribution in [0.25, 0.3) is 6.08 Å². The first-order chi connectivity index (χ1) is 17.6. The first kappa shape index (κ1) is 22.5. The molecule has 6 atom stereocenters. The highest BCUT2D eigenvalue weighted by molar-refractivity contribution is 6.10. The molecule has 7 rings (SSSR count). The molecule has 2 saturated carbocycles. The summed E-state index contributed by atoms with van der Waals surface area (Å²) >= 11 is 0. The second-order valence-electron chi connectivity index (χ2n) is 11.5. The zero-order valence-electron chi connectivity index (χ0n) is 21.1. The van der Waals surface area contributed by atoms with Crippen LogP contribution in [0.5, 0.6) is 0 Å². The molecule has 5 aliphatic rings. The highest BCUT2D eigenvalue weighted by Gasteiger charge is 2.68. The average molecular weight is 484 g/mol. The molecule has 1 spiro atoms. The van der Waals surface area contributed by atoms with Crippen LogP contribution in [-0.2, 0) is 10.2 Å². The second kappa shape index (κ2) is 8.72. The van der Waals surface area contributed by atoms with Crippen molar-refractivity contribution in [2.24, 2.45) is 17.8 Å². The van der Waals surface area contributed by atoms with E-state index in [9.17, 15) is 4.79 Å². The summed E-state index contributed by atoms with van der Waals surface area (Å²) < 4.78 is 0. The molecule has 36 heavy (non-hydrogen) atoms. The number of likely N-dealkylation sites (N-methyl/N-ethyl adjacent to an activating group) is 1. The van der Waals surface area contributed by atoms with Crippen molar-refractivity contribution in [2.45, 2.75) is 43.2 Å². The molecule has 2 aromatic carbocycles. The van der Waals surface area contributed by atoms with Gasteiger partial charge in [0, 0.05) is 56.7 Å². The third kappa shape index (κ3) is 3.53. The summed E-state index contributed by atoms with van der Waals surface area (Å²) in [6, 6.07) is 18.3. The number of carbonyl (C=O) groups is 1. The van der Waals surface area contributed by atoms with Gasteiger partial charge in [-0.05, 0) is 72.8 Å². The summed E-state index contributed by atoms with van der Waals surface area (Å²) in [5.41, 5.74) is 11.9. The number of carbonyl (C=O) groups excluding carboxylic acids is 1. The number of rotatable bonds is 4. The largest absolute Gasteiger partial charge is 0.369 e. The lowest BCUT2D eigenvalue weighted by atomic mass is 9.73. The van der Waals surface area contributed by atoms with Gasteiger partial charge in [0.25, 0.3) is 0 Å².